The fourth-order valence-electron chi connectivity index (χ4n) is 3.30. The van der Waals surface area contributed by atoms with Crippen molar-refractivity contribution in [2.75, 3.05) is 0 Å². The smallest absolute Gasteiger partial charge is 0.426 e. The van der Waals surface area contributed by atoms with Gasteiger partial charge in [0.25, 0.3) is 0 Å². The summed E-state index contributed by atoms with van der Waals surface area (Å²) < 4.78 is 5.35. The number of hydrogen-bond donors (Lipinski definition) is 5. The van der Waals surface area contributed by atoms with E-state index in [9.17, 15) is 9.82 Å². The normalized spacial score (nSPS) is 27.8. The van der Waals surface area contributed by atoms with Crippen molar-refractivity contribution in [3.63, 3.8) is 0 Å². The van der Waals surface area contributed by atoms with E-state index in [0.29, 0.717) is 6.42 Å². The Morgan fingerprint density at radius 3 is 2.74 bits per heavy atom. The van der Waals surface area contributed by atoms with Crippen LogP contribution >= 0.6 is 0 Å². The number of carbonyl (C=O) groups is 1. The number of amides is 1. The molecule has 7 nitrogen and oxygen atoms in total. The van der Waals surface area contributed by atoms with E-state index in [2.05, 4.69) is 5.32 Å². The van der Waals surface area contributed by atoms with Crippen molar-refractivity contribution in [1.29, 1.82) is 0 Å². The summed E-state index contributed by atoms with van der Waals surface area (Å²) in [7, 11) is -1.20. The minimum absolute atomic E-state index is 0.0276. The number of aliphatic hydroxyl groups is 2. The van der Waals surface area contributed by atoms with E-state index in [-0.39, 0.29) is 18.7 Å². The highest BCUT2D eigenvalue weighted by Gasteiger charge is 2.35. The molecule has 1 heterocycles. The molecule has 6 N–H and O–H groups in total. The molecule has 2 atom stereocenters. The molecule has 8 heteroatoms. The predicted molar refractivity (Wildman–Crippen MR) is 86.0 cm³/mol. The lowest BCUT2D eigenvalue weighted by molar-refractivity contribution is -0.123. The molecule has 0 aromatic carbocycles. The van der Waals surface area contributed by atoms with Crippen LogP contribution < -0.4 is 11.1 Å². The van der Waals surface area contributed by atoms with Crippen molar-refractivity contribution in [2.24, 2.45) is 5.73 Å². The molecule has 23 heavy (non-hydrogen) atoms. The van der Waals surface area contributed by atoms with Gasteiger partial charge < -0.3 is 30.9 Å². The molecule has 1 saturated carbocycles. The van der Waals surface area contributed by atoms with Crippen LogP contribution in [0.4, 0.5) is 0 Å². The number of carbonyl (C=O) groups excluding carboxylic acids is 1. The molecular weight excluding hydrogens is 299 g/mol. The fourth-order valence-corrected chi connectivity index (χ4v) is 3.30. The second kappa shape index (κ2) is 8.26. The van der Waals surface area contributed by atoms with Gasteiger partial charge in [-0.25, -0.2) is 0 Å². The predicted octanol–water partition coefficient (Wildman–Crippen LogP) is -0.412. The molecule has 1 aliphatic heterocycles. The van der Waals surface area contributed by atoms with E-state index in [4.69, 9.17) is 20.6 Å². The van der Waals surface area contributed by atoms with Crippen LogP contribution in [-0.4, -0.2) is 52.1 Å². The molecule has 2 aliphatic rings. The lowest BCUT2D eigenvalue weighted by Gasteiger charge is -2.33. The van der Waals surface area contributed by atoms with Crippen LogP contribution in [0.3, 0.4) is 0 Å². The summed E-state index contributed by atoms with van der Waals surface area (Å²) in [6.45, 7) is 0. The van der Waals surface area contributed by atoms with E-state index < -0.39 is 31.0 Å². The van der Waals surface area contributed by atoms with Gasteiger partial charge in [-0.2, -0.15) is 0 Å². The molecular formula is C15H27BN2O5. The van der Waals surface area contributed by atoms with Crippen LogP contribution in [0.1, 0.15) is 51.4 Å². The molecule has 0 aromatic heterocycles. The first-order chi connectivity index (χ1) is 10.9. The molecule has 1 fully saturated rings. The van der Waals surface area contributed by atoms with Crippen LogP contribution in [0.25, 0.3) is 0 Å². The summed E-state index contributed by atoms with van der Waals surface area (Å²) in [6, 6.07) is 0. The Hall–Kier alpha value is -0.925. The van der Waals surface area contributed by atoms with Crippen molar-refractivity contribution >= 4 is 13.0 Å². The molecule has 1 amide bonds. The van der Waals surface area contributed by atoms with E-state index in [1.54, 1.807) is 12.2 Å². The molecule has 130 valence electrons. The number of nitrogens with one attached hydrogen (secondary N) is 1. The zero-order chi connectivity index (χ0) is 16.9. The summed E-state index contributed by atoms with van der Waals surface area (Å²) in [6.07, 6.45) is 6.94. The van der Waals surface area contributed by atoms with Crippen molar-refractivity contribution in [3.05, 3.63) is 12.2 Å². The largest absolute Gasteiger partial charge is 0.478 e. The molecule has 1 aliphatic carbocycles. The maximum absolute atomic E-state index is 12.2. The van der Waals surface area contributed by atoms with Gasteiger partial charge in [-0.3, -0.25) is 4.79 Å². The first-order valence-corrected chi connectivity index (χ1v) is 8.32. The Bertz CT molecular complexity index is 426. The average molecular weight is 326 g/mol. The summed E-state index contributed by atoms with van der Waals surface area (Å²) in [5.41, 5.74) is 5.84. The molecule has 0 unspecified atom stereocenters. The monoisotopic (exact) mass is 326 g/mol. The van der Waals surface area contributed by atoms with Crippen LogP contribution in [0, 0.1) is 0 Å². The van der Waals surface area contributed by atoms with Gasteiger partial charge in [0.15, 0.2) is 6.29 Å². The molecule has 0 spiro atoms. The van der Waals surface area contributed by atoms with E-state index >= 15 is 0 Å². The zero-order valence-electron chi connectivity index (χ0n) is 13.4. The zero-order valence-corrected chi connectivity index (χ0v) is 13.4. The third-order valence-electron chi connectivity index (χ3n) is 4.55. The van der Waals surface area contributed by atoms with Gasteiger partial charge in [-0.15, -0.1) is 0 Å². The number of nitrogens with two attached hydrogens (primary N) is 1. The summed E-state index contributed by atoms with van der Waals surface area (Å²) >= 11 is 0. The average Bonchev–Trinajstić information content (AvgIpc) is 2.60. The summed E-state index contributed by atoms with van der Waals surface area (Å²) in [5, 5.41) is 30.8. The second-order valence-corrected chi connectivity index (χ2v) is 6.72. The van der Waals surface area contributed by atoms with Gasteiger partial charge in [0.1, 0.15) is 0 Å². The highest BCUT2D eigenvalue weighted by Crippen LogP contribution is 2.28. The molecule has 0 radical (unpaired) electrons. The van der Waals surface area contributed by atoms with Crippen LogP contribution in [0.15, 0.2) is 12.2 Å². The van der Waals surface area contributed by atoms with Crippen LogP contribution in [0.5, 0.6) is 0 Å². The number of hydrogen-bond acceptors (Lipinski definition) is 6. The highest BCUT2D eigenvalue weighted by atomic mass is 16.5. The van der Waals surface area contributed by atoms with Crippen LogP contribution in [-0.2, 0) is 9.45 Å². The van der Waals surface area contributed by atoms with Crippen molar-refractivity contribution in [1.82, 2.24) is 5.32 Å². The van der Waals surface area contributed by atoms with Gasteiger partial charge in [-0.05, 0) is 19.3 Å². The van der Waals surface area contributed by atoms with Crippen molar-refractivity contribution in [2.45, 2.75) is 75.2 Å². The highest BCUT2D eigenvalue weighted by molar-refractivity contribution is 6.45. The number of rotatable bonds is 5. The summed E-state index contributed by atoms with van der Waals surface area (Å²) in [5.74, 6) is -0.747. The topological polar surface area (TPSA) is 125 Å². The Balaban J connectivity index is 1.84. The first-order valence-electron chi connectivity index (χ1n) is 8.32. The lowest BCUT2D eigenvalue weighted by Crippen LogP contribution is -2.52. The van der Waals surface area contributed by atoms with E-state index in [1.165, 1.54) is 6.42 Å². The maximum atomic E-state index is 12.2. The third kappa shape index (κ3) is 5.89. The van der Waals surface area contributed by atoms with E-state index in [1.807, 2.05) is 0 Å². The second-order valence-electron chi connectivity index (χ2n) is 6.72. The minimum atomic E-state index is -1.51. The van der Waals surface area contributed by atoms with Crippen LogP contribution in [0.2, 0.25) is 0 Å². The Labute approximate surface area is 137 Å². The summed E-state index contributed by atoms with van der Waals surface area (Å²) in [4.78, 5) is 12.2. The maximum Gasteiger partial charge on any atom is 0.478 e. The van der Waals surface area contributed by atoms with Crippen molar-refractivity contribution < 1.29 is 24.7 Å². The number of aliphatic hydroxyl groups excluding tert-OH is 1. The quantitative estimate of drug-likeness (QED) is 0.266. The minimum Gasteiger partial charge on any atom is -0.426 e. The Morgan fingerprint density at radius 2 is 2.09 bits per heavy atom. The Morgan fingerprint density at radius 1 is 1.39 bits per heavy atom. The fraction of sp³-hybridized carbons (Fsp3) is 0.800. The molecule has 0 bridgehead atoms. The first kappa shape index (κ1) is 18.4. The SMILES string of the molecule is NC1(CC(=O)N[C@H]2CC=C[C@H](CC(O)O)OB2O)CCCCC1. The van der Waals surface area contributed by atoms with Gasteiger partial charge in [0.2, 0.25) is 5.91 Å². The van der Waals surface area contributed by atoms with Gasteiger partial charge in [-0.1, -0.05) is 31.4 Å². The molecule has 0 saturated heterocycles. The van der Waals surface area contributed by atoms with Gasteiger partial charge >= 0.3 is 7.12 Å². The molecule has 2 rings (SSSR count). The van der Waals surface area contributed by atoms with Gasteiger partial charge in [0.05, 0.1) is 12.0 Å². The van der Waals surface area contributed by atoms with E-state index in [0.717, 1.165) is 25.7 Å². The lowest BCUT2D eigenvalue weighted by atomic mass is 9.76. The molecule has 0 aromatic rings. The Kier molecular flexibility index (Phi) is 6.61. The standard InChI is InChI=1S/C15H27BN2O5/c17-15(7-2-1-3-8-15)10-13(19)18-12-6-4-5-11(9-14(20)21)23-16(12)22/h4-5,11-12,14,20-22H,1-3,6-10,17H2,(H,18,19)/t11-,12+/m1/s1. The third-order valence-corrected chi connectivity index (χ3v) is 4.55. The van der Waals surface area contributed by atoms with Gasteiger partial charge in [0, 0.05) is 18.4 Å². The van der Waals surface area contributed by atoms with Crippen molar-refractivity contribution in [3.8, 4) is 0 Å².